The van der Waals surface area contributed by atoms with Gasteiger partial charge in [-0.1, -0.05) is 13.8 Å². The summed E-state index contributed by atoms with van der Waals surface area (Å²) in [6, 6.07) is 0. The van der Waals surface area contributed by atoms with E-state index in [2.05, 4.69) is 13.8 Å². The van der Waals surface area contributed by atoms with Crippen molar-refractivity contribution in [1.29, 1.82) is 0 Å². The van der Waals surface area contributed by atoms with Gasteiger partial charge in [-0.3, -0.25) is 0 Å². The van der Waals surface area contributed by atoms with Crippen LogP contribution < -0.4 is 0 Å². The maximum atomic E-state index is 5.74. The van der Waals surface area contributed by atoms with Crippen LogP contribution in [-0.4, -0.2) is 18.6 Å². The predicted molar refractivity (Wildman–Crippen MR) is 38.9 cm³/mol. The molecule has 2 heteroatoms. The molecule has 0 radical (unpaired) electrons. The molecule has 0 saturated carbocycles. The van der Waals surface area contributed by atoms with Crippen molar-refractivity contribution in [3.8, 4) is 0 Å². The molecule has 2 atom stereocenters. The van der Waals surface area contributed by atoms with Gasteiger partial charge in [-0.15, -0.1) is 11.6 Å². The lowest BCUT2D eigenvalue weighted by Crippen LogP contribution is -2.50. The SMILES string of the molecule is CCC1OCC1(C)CCl. The second-order valence-corrected chi connectivity index (χ2v) is 3.26. The van der Waals surface area contributed by atoms with Crippen LogP contribution in [0.3, 0.4) is 0 Å². The van der Waals surface area contributed by atoms with Crippen LogP contribution in [0.15, 0.2) is 0 Å². The standard InChI is InChI=1S/C7H13ClO/c1-3-6-7(2,4-8)5-9-6/h6H,3-5H2,1-2H3. The zero-order valence-corrected chi connectivity index (χ0v) is 6.74. The average molecular weight is 149 g/mol. The van der Waals surface area contributed by atoms with Crippen LogP contribution >= 0.6 is 11.6 Å². The Morgan fingerprint density at radius 2 is 2.44 bits per heavy atom. The van der Waals surface area contributed by atoms with Crippen molar-refractivity contribution < 1.29 is 4.74 Å². The van der Waals surface area contributed by atoms with E-state index >= 15 is 0 Å². The average Bonchev–Trinajstić information content (AvgIpc) is 1.85. The van der Waals surface area contributed by atoms with Gasteiger partial charge in [-0.2, -0.15) is 0 Å². The highest BCUT2D eigenvalue weighted by Gasteiger charge is 2.42. The Bertz CT molecular complexity index is 99.1. The van der Waals surface area contributed by atoms with Crippen LogP contribution in [0.5, 0.6) is 0 Å². The third-order valence-corrected chi connectivity index (χ3v) is 2.68. The van der Waals surface area contributed by atoms with Crippen LogP contribution in [0.1, 0.15) is 20.3 Å². The summed E-state index contributed by atoms with van der Waals surface area (Å²) in [5.41, 5.74) is 0.274. The Hall–Kier alpha value is 0.250. The first-order valence-corrected chi connectivity index (χ1v) is 3.94. The summed E-state index contributed by atoms with van der Waals surface area (Å²) in [5, 5.41) is 0. The quantitative estimate of drug-likeness (QED) is 0.545. The van der Waals surface area contributed by atoms with Crippen LogP contribution in [0, 0.1) is 5.41 Å². The largest absolute Gasteiger partial charge is 0.377 e. The topological polar surface area (TPSA) is 9.23 Å². The fourth-order valence-corrected chi connectivity index (χ4v) is 1.47. The number of hydrogen-bond acceptors (Lipinski definition) is 1. The lowest BCUT2D eigenvalue weighted by molar-refractivity contribution is -0.166. The van der Waals surface area contributed by atoms with E-state index in [0.717, 1.165) is 18.9 Å². The van der Waals surface area contributed by atoms with Crippen LogP contribution in [0.4, 0.5) is 0 Å². The van der Waals surface area contributed by atoms with Gasteiger partial charge in [-0.25, -0.2) is 0 Å². The van der Waals surface area contributed by atoms with Gasteiger partial charge in [0.1, 0.15) is 0 Å². The number of hydrogen-bond donors (Lipinski definition) is 0. The highest BCUT2D eigenvalue weighted by atomic mass is 35.5. The van der Waals surface area contributed by atoms with E-state index in [1.807, 2.05) is 0 Å². The Morgan fingerprint density at radius 1 is 1.78 bits per heavy atom. The Labute approximate surface area is 61.3 Å². The first kappa shape index (κ1) is 7.36. The van der Waals surface area contributed by atoms with E-state index in [9.17, 15) is 0 Å². The third kappa shape index (κ3) is 1.08. The summed E-state index contributed by atoms with van der Waals surface area (Å²) in [4.78, 5) is 0. The van der Waals surface area contributed by atoms with Gasteiger partial charge in [0.2, 0.25) is 0 Å². The summed E-state index contributed by atoms with van der Waals surface area (Å²) in [6.45, 7) is 5.15. The molecular formula is C7H13ClO. The minimum Gasteiger partial charge on any atom is -0.377 e. The predicted octanol–water partition coefficient (Wildman–Crippen LogP) is 2.04. The van der Waals surface area contributed by atoms with Crippen LogP contribution in [0.2, 0.25) is 0 Å². The van der Waals surface area contributed by atoms with Crippen LogP contribution in [0.25, 0.3) is 0 Å². The maximum absolute atomic E-state index is 5.74. The Balaban J connectivity index is 2.41. The molecule has 0 aliphatic carbocycles. The van der Waals surface area contributed by atoms with Crippen molar-refractivity contribution in [3.63, 3.8) is 0 Å². The van der Waals surface area contributed by atoms with Gasteiger partial charge in [0.15, 0.2) is 0 Å². The smallest absolute Gasteiger partial charge is 0.0659 e. The maximum Gasteiger partial charge on any atom is 0.0659 e. The number of ether oxygens (including phenoxy) is 1. The molecule has 54 valence electrons. The van der Waals surface area contributed by atoms with Crippen molar-refractivity contribution in [2.45, 2.75) is 26.4 Å². The van der Waals surface area contributed by atoms with E-state index in [-0.39, 0.29) is 5.41 Å². The molecule has 0 N–H and O–H groups in total. The van der Waals surface area contributed by atoms with Gasteiger partial charge >= 0.3 is 0 Å². The third-order valence-electron chi connectivity index (χ3n) is 2.07. The summed E-state index contributed by atoms with van der Waals surface area (Å²) >= 11 is 5.74. The van der Waals surface area contributed by atoms with E-state index < -0.39 is 0 Å². The first-order valence-electron chi connectivity index (χ1n) is 3.40. The van der Waals surface area contributed by atoms with E-state index in [4.69, 9.17) is 16.3 Å². The lowest BCUT2D eigenvalue weighted by Gasteiger charge is -2.45. The molecule has 0 aromatic rings. The molecule has 0 aromatic carbocycles. The monoisotopic (exact) mass is 148 g/mol. The van der Waals surface area contributed by atoms with Crippen molar-refractivity contribution in [2.75, 3.05) is 12.5 Å². The van der Waals surface area contributed by atoms with E-state index in [0.29, 0.717) is 6.10 Å². The first-order chi connectivity index (χ1) is 4.23. The number of alkyl halides is 1. The van der Waals surface area contributed by atoms with Gasteiger partial charge < -0.3 is 4.74 Å². The van der Waals surface area contributed by atoms with Gasteiger partial charge in [0.05, 0.1) is 12.7 Å². The molecule has 0 bridgehead atoms. The molecule has 9 heavy (non-hydrogen) atoms. The fraction of sp³-hybridized carbons (Fsp3) is 1.00. The van der Waals surface area contributed by atoms with Gasteiger partial charge in [0, 0.05) is 11.3 Å². The molecule has 1 rings (SSSR count). The van der Waals surface area contributed by atoms with E-state index in [1.165, 1.54) is 0 Å². The Kier molecular flexibility index (Phi) is 2.02. The second kappa shape index (κ2) is 2.47. The van der Waals surface area contributed by atoms with Crippen molar-refractivity contribution in [3.05, 3.63) is 0 Å². The second-order valence-electron chi connectivity index (χ2n) is 3.00. The molecule has 0 spiro atoms. The molecule has 1 saturated heterocycles. The minimum absolute atomic E-state index is 0.274. The molecule has 1 aliphatic rings. The summed E-state index contributed by atoms with van der Waals surface area (Å²) in [5.74, 6) is 0.728. The normalized spacial score (nSPS) is 42.3. The molecule has 1 heterocycles. The number of halogens is 1. The highest BCUT2D eigenvalue weighted by molar-refractivity contribution is 6.18. The summed E-state index contributed by atoms with van der Waals surface area (Å²) in [7, 11) is 0. The van der Waals surface area contributed by atoms with Crippen LogP contribution in [-0.2, 0) is 4.74 Å². The summed E-state index contributed by atoms with van der Waals surface area (Å²) in [6.07, 6.45) is 1.50. The Morgan fingerprint density at radius 3 is 2.56 bits per heavy atom. The van der Waals surface area contributed by atoms with Crippen molar-refractivity contribution >= 4 is 11.6 Å². The molecule has 1 fully saturated rings. The highest BCUT2D eigenvalue weighted by Crippen LogP contribution is 2.37. The molecule has 1 aliphatic heterocycles. The fourth-order valence-electron chi connectivity index (χ4n) is 1.22. The minimum atomic E-state index is 0.274. The van der Waals surface area contributed by atoms with E-state index in [1.54, 1.807) is 0 Å². The molecule has 2 unspecified atom stereocenters. The molecular weight excluding hydrogens is 136 g/mol. The molecule has 0 amide bonds. The zero-order chi connectivity index (χ0) is 6.91. The van der Waals surface area contributed by atoms with Gasteiger partial charge in [-0.05, 0) is 6.42 Å². The molecule has 1 nitrogen and oxygen atoms in total. The number of rotatable bonds is 2. The van der Waals surface area contributed by atoms with Crippen molar-refractivity contribution in [1.82, 2.24) is 0 Å². The van der Waals surface area contributed by atoms with Gasteiger partial charge in [0.25, 0.3) is 0 Å². The van der Waals surface area contributed by atoms with Crippen molar-refractivity contribution in [2.24, 2.45) is 5.41 Å². The summed E-state index contributed by atoms with van der Waals surface area (Å²) < 4.78 is 5.30. The lowest BCUT2D eigenvalue weighted by atomic mass is 9.81. The zero-order valence-electron chi connectivity index (χ0n) is 5.98. The molecule has 0 aromatic heterocycles.